The highest BCUT2D eigenvalue weighted by Gasteiger charge is 2.31. The van der Waals surface area contributed by atoms with Crippen LogP contribution in [0.5, 0.6) is 0 Å². The van der Waals surface area contributed by atoms with Crippen molar-refractivity contribution in [1.29, 1.82) is 0 Å². The Labute approximate surface area is 171 Å². The molecule has 158 valence electrons. The number of hydrogen-bond donors (Lipinski definition) is 2. The Morgan fingerprint density at radius 1 is 1.41 bits per heavy atom. The molecule has 1 amide bonds. The quantitative estimate of drug-likeness (QED) is 0.625. The molecule has 9 nitrogen and oxygen atoms in total. The van der Waals surface area contributed by atoms with Crippen LogP contribution in [0.1, 0.15) is 30.5 Å². The molecule has 1 aliphatic rings. The standard InChI is InChI=1S/C20H30N6O3/c1-25(2)12-16-13-26(24-23-16)9-7-17-5-6-18(19(14-27)29-17)22-20(28)10-15-4-3-8-21-11-15/h3-4,8,11,13,17-19,27H,5-7,9-10,12,14H2,1-2H3,(H,22,28)/t17-,18-,19+/m0/s1. The van der Waals surface area contributed by atoms with Gasteiger partial charge in [-0.05, 0) is 45.0 Å². The summed E-state index contributed by atoms with van der Waals surface area (Å²) in [4.78, 5) is 18.4. The minimum Gasteiger partial charge on any atom is -0.394 e. The molecule has 9 heteroatoms. The molecule has 3 rings (SSSR count). The molecule has 1 saturated heterocycles. The number of aliphatic hydroxyl groups excluding tert-OH is 1. The van der Waals surface area contributed by atoms with E-state index in [0.29, 0.717) is 6.54 Å². The van der Waals surface area contributed by atoms with Gasteiger partial charge < -0.3 is 20.1 Å². The zero-order chi connectivity index (χ0) is 20.6. The normalized spacial score (nSPS) is 22.0. The fourth-order valence-electron chi connectivity index (χ4n) is 3.58. The van der Waals surface area contributed by atoms with Gasteiger partial charge in [0.2, 0.25) is 5.91 Å². The predicted octanol–water partition coefficient (Wildman–Crippen LogP) is 0.392. The van der Waals surface area contributed by atoms with Crippen molar-refractivity contribution < 1.29 is 14.6 Å². The topological polar surface area (TPSA) is 105 Å². The first-order valence-electron chi connectivity index (χ1n) is 10.0. The Balaban J connectivity index is 1.45. The van der Waals surface area contributed by atoms with Crippen LogP contribution in [0.15, 0.2) is 30.7 Å². The number of carbonyl (C=O) groups is 1. The number of amides is 1. The molecular formula is C20H30N6O3. The Kier molecular flexibility index (Phi) is 7.68. The molecule has 1 aliphatic heterocycles. The highest BCUT2D eigenvalue weighted by molar-refractivity contribution is 5.78. The van der Waals surface area contributed by atoms with Gasteiger partial charge in [-0.25, -0.2) is 0 Å². The molecule has 3 atom stereocenters. The van der Waals surface area contributed by atoms with Crippen LogP contribution in [-0.4, -0.2) is 74.8 Å². The lowest BCUT2D eigenvalue weighted by molar-refractivity contribution is -0.128. The molecule has 2 aromatic heterocycles. The van der Waals surface area contributed by atoms with Crippen LogP contribution >= 0.6 is 0 Å². The van der Waals surface area contributed by atoms with Crippen molar-refractivity contribution >= 4 is 5.91 Å². The summed E-state index contributed by atoms with van der Waals surface area (Å²) in [6.07, 6.45) is 7.61. The number of ether oxygens (including phenoxy) is 1. The number of nitrogens with one attached hydrogen (secondary N) is 1. The van der Waals surface area contributed by atoms with Gasteiger partial charge in [0.25, 0.3) is 0 Å². The van der Waals surface area contributed by atoms with Crippen molar-refractivity contribution in [3.05, 3.63) is 42.0 Å². The number of nitrogens with zero attached hydrogens (tertiary/aromatic N) is 5. The number of aryl methyl sites for hydroxylation is 1. The first-order chi connectivity index (χ1) is 14.0. The monoisotopic (exact) mass is 402 g/mol. The van der Waals surface area contributed by atoms with E-state index in [1.807, 2.05) is 42.0 Å². The van der Waals surface area contributed by atoms with Crippen LogP contribution in [0.25, 0.3) is 0 Å². The number of aliphatic hydroxyl groups is 1. The molecule has 0 aromatic carbocycles. The summed E-state index contributed by atoms with van der Waals surface area (Å²) in [6, 6.07) is 3.50. The van der Waals surface area contributed by atoms with E-state index in [9.17, 15) is 9.90 Å². The smallest absolute Gasteiger partial charge is 0.224 e. The Hall–Kier alpha value is -2.36. The SMILES string of the molecule is CN(C)Cc1cn(CC[C@@H]2CC[C@H](NC(=O)Cc3cccnc3)[C@@H](CO)O2)nn1. The largest absolute Gasteiger partial charge is 0.394 e. The zero-order valence-corrected chi connectivity index (χ0v) is 17.1. The molecule has 0 spiro atoms. The maximum absolute atomic E-state index is 12.3. The van der Waals surface area contributed by atoms with E-state index < -0.39 is 6.10 Å². The third kappa shape index (κ3) is 6.59. The lowest BCUT2D eigenvalue weighted by Crippen LogP contribution is -2.51. The molecule has 3 heterocycles. The first kappa shape index (κ1) is 21.4. The molecule has 2 N–H and O–H groups in total. The van der Waals surface area contributed by atoms with Crippen LogP contribution in [-0.2, 0) is 29.0 Å². The van der Waals surface area contributed by atoms with Crippen LogP contribution in [0.2, 0.25) is 0 Å². The van der Waals surface area contributed by atoms with Gasteiger partial charge in [0.05, 0.1) is 30.9 Å². The molecular weight excluding hydrogens is 372 g/mol. The third-order valence-electron chi connectivity index (χ3n) is 4.97. The van der Waals surface area contributed by atoms with Gasteiger partial charge in [-0.3, -0.25) is 14.5 Å². The number of rotatable bonds is 9. The minimum atomic E-state index is -0.397. The van der Waals surface area contributed by atoms with E-state index in [0.717, 1.165) is 37.1 Å². The maximum Gasteiger partial charge on any atom is 0.224 e. The van der Waals surface area contributed by atoms with E-state index in [2.05, 4.69) is 20.6 Å². The van der Waals surface area contributed by atoms with Crippen molar-refractivity contribution in [1.82, 2.24) is 30.2 Å². The average molecular weight is 402 g/mol. The van der Waals surface area contributed by atoms with Crippen LogP contribution in [0, 0.1) is 0 Å². The molecule has 29 heavy (non-hydrogen) atoms. The highest BCUT2D eigenvalue weighted by Crippen LogP contribution is 2.22. The van der Waals surface area contributed by atoms with Gasteiger partial charge in [0.1, 0.15) is 6.10 Å². The fraction of sp³-hybridized carbons (Fsp3) is 0.600. The highest BCUT2D eigenvalue weighted by atomic mass is 16.5. The molecule has 0 bridgehead atoms. The van der Waals surface area contributed by atoms with Gasteiger partial charge in [-0.1, -0.05) is 11.3 Å². The Morgan fingerprint density at radius 2 is 2.28 bits per heavy atom. The summed E-state index contributed by atoms with van der Waals surface area (Å²) in [7, 11) is 3.99. The lowest BCUT2D eigenvalue weighted by Gasteiger charge is -2.36. The summed E-state index contributed by atoms with van der Waals surface area (Å²) >= 11 is 0. The first-order valence-corrected chi connectivity index (χ1v) is 10.0. The third-order valence-corrected chi connectivity index (χ3v) is 4.97. The number of carbonyl (C=O) groups excluding carboxylic acids is 1. The van der Waals surface area contributed by atoms with Gasteiger partial charge in [0, 0.05) is 31.7 Å². The van der Waals surface area contributed by atoms with Crippen LogP contribution < -0.4 is 5.32 Å². The van der Waals surface area contributed by atoms with Crippen molar-refractivity contribution in [3.63, 3.8) is 0 Å². The molecule has 1 fully saturated rings. The van der Waals surface area contributed by atoms with Crippen molar-refractivity contribution in [2.45, 2.75) is 57.0 Å². The lowest BCUT2D eigenvalue weighted by atomic mass is 9.97. The molecule has 0 aliphatic carbocycles. The number of hydrogen-bond acceptors (Lipinski definition) is 7. The van der Waals surface area contributed by atoms with Gasteiger partial charge in [0.15, 0.2) is 0 Å². The van der Waals surface area contributed by atoms with E-state index in [1.54, 1.807) is 12.4 Å². The van der Waals surface area contributed by atoms with Gasteiger partial charge >= 0.3 is 0 Å². The second-order valence-electron chi connectivity index (χ2n) is 7.77. The number of aromatic nitrogens is 4. The Morgan fingerprint density at radius 3 is 3.00 bits per heavy atom. The Bertz CT molecular complexity index is 767. The maximum atomic E-state index is 12.3. The summed E-state index contributed by atoms with van der Waals surface area (Å²) in [5.74, 6) is -0.0838. The van der Waals surface area contributed by atoms with Crippen molar-refractivity contribution in [3.8, 4) is 0 Å². The summed E-state index contributed by atoms with van der Waals surface area (Å²) in [6.45, 7) is 1.35. The summed E-state index contributed by atoms with van der Waals surface area (Å²) in [5, 5.41) is 21.1. The van der Waals surface area contributed by atoms with Crippen LogP contribution in [0.3, 0.4) is 0 Å². The summed E-state index contributed by atoms with van der Waals surface area (Å²) in [5.41, 5.74) is 1.80. The molecule has 0 unspecified atom stereocenters. The zero-order valence-electron chi connectivity index (χ0n) is 17.1. The van der Waals surface area contributed by atoms with Gasteiger partial charge in [-0.2, -0.15) is 0 Å². The molecule has 0 radical (unpaired) electrons. The van der Waals surface area contributed by atoms with E-state index in [1.165, 1.54) is 0 Å². The predicted molar refractivity (Wildman–Crippen MR) is 107 cm³/mol. The number of pyridine rings is 1. The van der Waals surface area contributed by atoms with Crippen LogP contribution in [0.4, 0.5) is 0 Å². The fourth-order valence-corrected chi connectivity index (χ4v) is 3.58. The summed E-state index contributed by atoms with van der Waals surface area (Å²) < 4.78 is 7.88. The molecule has 2 aromatic rings. The molecule has 0 saturated carbocycles. The second kappa shape index (κ2) is 10.4. The van der Waals surface area contributed by atoms with Gasteiger partial charge in [-0.15, -0.1) is 5.10 Å². The average Bonchev–Trinajstić information content (AvgIpc) is 3.14. The van der Waals surface area contributed by atoms with E-state index >= 15 is 0 Å². The van der Waals surface area contributed by atoms with E-state index in [-0.39, 0.29) is 31.1 Å². The van der Waals surface area contributed by atoms with Crippen molar-refractivity contribution in [2.75, 3.05) is 20.7 Å². The van der Waals surface area contributed by atoms with E-state index in [4.69, 9.17) is 4.74 Å². The van der Waals surface area contributed by atoms with Crippen molar-refractivity contribution in [2.24, 2.45) is 0 Å². The second-order valence-corrected chi connectivity index (χ2v) is 7.77. The minimum absolute atomic E-state index is 0.0279.